The topological polar surface area (TPSA) is 69.2 Å². The maximum absolute atomic E-state index is 12.6. The van der Waals surface area contributed by atoms with Crippen molar-refractivity contribution in [3.05, 3.63) is 99.5 Å². The van der Waals surface area contributed by atoms with Crippen molar-refractivity contribution in [1.82, 2.24) is 5.43 Å². The second kappa shape index (κ2) is 12.5. The van der Waals surface area contributed by atoms with Crippen molar-refractivity contribution >= 4 is 46.1 Å². The number of halogens is 2. The number of rotatable bonds is 10. The molecule has 4 rings (SSSR count). The Balaban J connectivity index is 1.42. The zero-order chi connectivity index (χ0) is 26.2. The highest BCUT2D eigenvalue weighted by atomic mass is 35.5. The number of ether oxygens (including phenoxy) is 3. The van der Waals surface area contributed by atoms with Gasteiger partial charge in [-0.3, -0.25) is 4.79 Å². The molecule has 1 amide bonds. The molecule has 0 saturated carbocycles. The van der Waals surface area contributed by atoms with Gasteiger partial charge in [-0.25, -0.2) is 5.43 Å². The fourth-order valence-corrected chi connectivity index (χ4v) is 4.40. The molecule has 0 spiro atoms. The van der Waals surface area contributed by atoms with Crippen molar-refractivity contribution in [2.24, 2.45) is 5.10 Å². The van der Waals surface area contributed by atoms with Crippen LogP contribution in [0.25, 0.3) is 10.8 Å². The molecule has 190 valence electrons. The third-order valence-electron chi connectivity index (χ3n) is 5.46. The van der Waals surface area contributed by atoms with Crippen LogP contribution in [0.2, 0.25) is 10.0 Å². The molecule has 0 unspecified atom stereocenters. The predicted molar refractivity (Wildman–Crippen MR) is 149 cm³/mol. The number of carbonyl (C=O) groups is 1. The molecule has 1 N–H and O–H groups in total. The Bertz CT molecular complexity index is 1410. The first-order valence-corrected chi connectivity index (χ1v) is 12.6. The highest BCUT2D eigenvalue weighted by molar-refractivity contribution is 6.37. The summed E-state index contributed by atoms with van der Waals surface area (Å²) in [5.74, 6) is 1.07. The van der Waals surface area contributed by atoms with Crippen LogP contribution in [0.15, 0.2) is 77.9 Å². The fourth-order valence-electron chi connectivity index (χ4n) is 3.78. The summed E-state index contributed by atoms with van der Waals surface area (Å²) in [6.07, 6.45) is 1.46. The highest BCUT2D eigenvalue weighted by Gasteiger charge is 2.13. The van der Waals surface area contributed by atoms with Gasteiger partial charge in [0.2, 0.25) is 0 Å². The van der Waals surface area contributed by atoms with E-state index in [0.29, 0.717) is 58.2 Å². The average Bonchev–Trinajstić information content (AvgIpc) is 2.89. The lowest BCUT2D eigenvalue weighted by molar-refractivity contribution is 0.0954. The van der Waals surface area contributed by atoms with Crippen molar-refractivity contribution < 1.29 is 19.0 Å². The lowest BCUT2D eigenvalue weighted by Gasteiger charge is -2.12. The number of fused-ring (bicyclic) bond motifs is 1. The van der Waals surface area contributed by atoms with Crippen molar-refractivity contribution in [2.75, 3.05) is 13.2 Å². The van der Waals surface area contributed by atoms with Gasteiger partial charge in [-0.2, -0.15) is 5.10 Å². The molecule has 0 aliphatic heterocycles. The van der Waals surface area contributed by atoms with Crippen LogP contribution in [0.5, 0.6) is 17.2 Å². The van der Waals surface area contributed by atoms with Crippen LogP contribution < -0.4 is 19.6 Å². The molecule has 4 aromatic rings. The number of hydrogen-bond acceptors (Lipinski definition) is 5. The van der Waals surface area contributed by atoms with E-state index in [4.69, 9.17) is 37.4 Å². The lowest BCUT2D eigenvalue weighted by Crippen LogP contribution is -2.17. The minimum Gasteiger partial charge on any atom is -0.490 e. The van der Waals surface area contributed by atoms with Crippen molar-refractivity contribution in [3.63, 3.8) is 0 Å². The molecule has 0 radical (unpaired) electrons. The maximum atomic E-state index is 12.6. The minimum atomic E-state index is -0.396. The Kier molecular flexibility index (Phi) is 8.88. The lowest BCUT2D eigenvalue weighted by atomic mass is 10.1. The maximum Gasteiger partial charge on any atom is 0.271 e. The van der Waals surface area contributed by atoms with Gasteiger partial charge < -0.3 is 14.2 Å². The molecule has 0 aliphatic rings. The summed E-state index contributed by atoms with van der Waals surface area (Å²) in [7, 11) is 0. The van der Waals surface area contributed by atoms with E-state index in [2.05, 4.69) is 28.7 Å². The molecule has 0 atom stereocenters. The fraction of sp³-hybridized carbons (Fsp3) is 0.172. The van der Waals surface area contributed by atoms with Gasteiger partial charge in [0.05, 0.1) is 29.5 Å². The zero-order valence-corrected chi connectivity index (χ0v) is 22.0. The van der Waals surface area contributed by atoms with Crippen LogP contribution in [0, 0.1) is 0 Å². The number of hydrazone groups is 1. The molecule has 0 aromatic heterocycles. The van der Waals surface area contributed by atoms with Crippen LogP contribution in [-0.2, 0) is 6.61 Å². The Morgan fingerprint density at radius 2 is 1.57 bits per heavy atom. The summed E-state index contributed by atoms with van der Waals surface area (Å²) in [6.45, 7) is 5.01. The highest BCUT2D eigenvalue weighted by Crippen LogP contribution is 2.35. The van der Waals surface area contributed by atoms with E-state index in [-0.39, 0.29) is 0 Å². The van der Waals surface area contributed by atoms with Crippen LogP contribution in [0.1, 0.15) is 35.3 Å². The van der Waals surface area contributed by atoms with Gasteiger partial charge in [-0.1, -0.05) is 65.7 Å². The van der Waals surface area contributed by atoms with Gasteiger partial charge in [0.25, 0.3) is 5.91 Å². The van der Waals surface area contributed by atoms with Gasteiger partial charge in [0, 0.05) is 5.56 Å². The second-order valence-corrected chi connectivity index (χ2v) is 8.78. The summed E-state index contributed by atoms with van der Waals surface area (Å²) in [5, 5.41) is 6.96. The van der Waals surface area contributed by atoms with Crippen LogP contribution in [0.3, 0.4) is 0 Å². The quantitative estimate of drug-likeness (QED) is 0.170. The normalized spacial score (nSPS) is 11.0. The summed E-state index contributed by atoms with van der Waals surface area (Å²) in [6, 6.07) is 22.5. The molecule has 0 fully saturated rings. The Morgan fingerprint density at radius 1 is 0.865 bits per heavy atom. The van der Waals surface area contributed by atoms with E-state index in [0.717, 1.165) is 16.3 Å². The largest absolute Gasteiger partial charge is 0.490 e. The summed E-state index contributed by atoms with van der Waals surface area (Å²) < 4.78 is 17.1. The van der Waals surface area contributed by atoms with Crippen molar-refractivity contribution in [3.8, 4) is 17.2 Å². The molecule has 37 heavy (non-hydrogen) atoms. The molecular formula is C29H26Cl2N2O4. The first-order chi connectivity index (χ1) is 18.0. The third kappa shape index (κ3) is 6.53. The number of nitrogens with zero attached hydrogens (tertiary/aromatic N) is 1. The smallest absolute Gasteiger partial charge is 0.271 e. The average molecular weight is 537 g/mol. The SMILES string of the molecule is CCOc1ccc(C(=O)N/N=C/c2cc(Cl)c(OCc3cccc4ccccc34)c(Cl)c2)cc1OCC. The monoisotopic (exact) mass is 536 g/mol. The zero-order valence-electron chi connectivity index (χ0n) is 20.5. The molecular weight excluding hydrogens is 511 g/mol. The molecule has 0 bridgehead atoms. The third-order valence-corrected chi connectivity index (χ3v) is 6.02. The summed E-state index contributed by atoms with van der Waals surface area (Å²) in [4.78, 5) is 12.6. The van der Waals surface area contributed by atoms with Gasteiger partial charge in [0.1, 0.15) is 6.61 Å². The number of carbonyl (C=O) groups excluding carboxylic acids is 1. The molecule has 8 heteroatoms. The van der Waals surface area contributed by atoms with E-state index < -0.39 is 5.91 Å². The molecule has 6 nitrogen and oxygen atoms in total. The number of benzene rings is 4. The molecule has 0 heterocycles. The predicted octanol–water partition coefficient (Wildman–Crippen LogP) is 7.29. The van der Waals surface area contributed by atoms with E-state index in [1.54, 1.807) is 30.3 Å². The first-order valence-electron chi connectivity index (χ1n) is 11.8. The van der Waals surface area contributed by atoms with Crippen molar-refractivity contribution in [1.29, 1.82) is 0 Å². The summed E-state index contributed by atoms with van der Waals surface area (Å²) >= 11 is 12.9. The summed E-state index contributed by atoms with van der Waals surface area (Å²) in [5.41, 5.74) is 4.52. The van der Waals surface area contributed by atoms with Gasteiger partial charge >= 0.3 is 0 Å². The second-order valence-electron chi connectivity index (χ2n) is 7.97. The molecule has 0 saturated heterocycles. The Morgan fingerprint density at radius 3 is 2.32 bits per heavy atom. The van der Waals surface area contributed by atoms with Crippen LogP contribution in [-0.4, -0.2) is 25.3 Å². The van der Waals surface area contributed by atoms with Gasteiger partial charge in [0.15, 0.2) is 17.2 Å². The standard InChI is InChI=1S/C29H26Cl2N2O4/c1-3-35-26-13-12-21(16-27(26)36-4-2)29(34)33-32-17-19-14-24(30)28(25(31)15-19)37-18-22-10-7-9-20-8-5-6-11-23(20)22/h5-17H,3-4,18H2,1-2H3,(H,33,34)/b32-17+. The van der Waals surface area contributed by atoms with E-state index >= 15 is 0 Å². The minimum absolute atomic E-state index is 0.316. The molecule has 4 aromatic carbocycles. The van der Waals surface area contributed by atoms with E-state index in [1.165, 1.54) is 6.21 Å². The van der Waals surface area contributed by atoms with Crippen LogP contribution in [0.4, 0.5) is 0 Å². The number of amides is 1. The molecule has 0 aliphatic carbocycles. The number of hydrogen-bond donors (Lipinski definition) is 1. The van der Waals surface area contributed by atoms with Crippen LogP contribution >= 0.6 is 23.2 Å². The van der Waals surface area contributed by atoms with E-state index in [9.17, 15) is 4.79 Å². The van der Waals surface area contributed by atoms with E-state index in [1.807, 2.05) is 38.1 Å². The van der Waals surface area contributed by atoms with Crippen molar-refractivity contribution in [2.45, 2.75) is 20.5 Å². The van der Waals surface area contributed by atoms with Gasteiger partial charge in [-0.05, 0) is 66.1 Å². The Labute approximate surface area is 225 Å². The first kappa shape index (κ1) is 26.3. The number of nitrogens with one attached hydrogen (secondary N) is 1. The van der Waals surface area contributed by atoms with Gasteiger partial charge in [-0.15, -0.1) is 0 Å². The Hall–Kier alpha value is -3.74.